The molecular formula is C18H23N3O4. The van der Waals surface area contributed by atoms with Crippen LogP contribution in [-0.4, -0.2) is 47.5 Å². The molecule has 2 aromatic rings. The Morgan fingerprint density at radius 1 is 1.44 bits per heavy atom. The second kappa shape index (κ2) is 8.02. The number of amides is 2. The molecule has 1 aromatic carbocycles. The van der Waals surface area contributed by atoms with Gasteiger partial charge in [0.05, 0.1) is 26.3 Å². The number of hydrogen-bond acceptors (Lipinski definition) is 5. The van der Waals surface area contributed by atoms with Crippen molar-refractivity contribution in [1.29, 1.82) is 0 Å². The highest BCUT2D eigenvalue weighted by Gasteiger charge is 2.26. The minimum Gasteiger partial charge on any atom is -0.496 e. The van der Waals surface area contributed by atoms with Crippen molar-refractivity contribution in [3.63, 3.8) is 0 Å². The highest BCUT2D eigenvalue weighted by Crippen LogP contribution is 2.29. The second-order valence-corrected chi connectivity index (χ2v) is 6.06. The van der Waals surface area contributed by atoms with E-state index in [-0.39, 0.29) is 25.2 Å². The summed E-state index contributed by atoms with van der Waals surface area (Å²) < 4.78 is 10.7. The molecule has 2 N–H and O–H groups in total. The Bertz CT molecular complexity index is 716. The van der Waals surface area contributed by atoms with E-state index in [1.807, 2.05) is 24.3 Å². The number of urea groups is 1. The summed E-state index contributed by atoms with van der Waals surface area (Å²) in [4.78, 5) is 14.0. The maximum atomic E-state index is 12.3. The van der Waals surface area contributed by atoms with Crippen LogP contribution in [0.3, 0.4) is 0 Å². The van der Waals surface area contributed by atoms with Gasteiger partial charge < -0.3 is 24.6 Å². The zero-order valence-corrected chi connectivity index (χ0v) is 14.3. The number of methoxy groups -OCH3 is 1. The zero-order chi connectivity index (χ0) is 17.6. The third-order valence-corrected chi connectivity index (χ3v) is 4.45. The number of aromatic nitrogens is 1. The van der Waals surface area contributed by atoms with Crippen molar-refractivity contribution in [1.82, 2.24) is 15.4 Å². The standard InChI is InChI=1S/C18H23N3O4/c1-24-17-8-3-2-7-15(17)16-10-14(25-20-16)11-19-18(23)21-9-5-4-6-13(21)12-22/h2-3,7-8,10,13,22H,4-6,9,11-12H2,1H3,(H,19,23)/t13-/m1/s1. The molecule has 7 heteroatoms. The number of carbonyl (C=O) groups excluding carboxylic acids is 1. The van der Waals surface area contributed by atoms with Gasteiger partial charge in [0, 0.05) is 18.2 Å². The van der Waals surface area contributed by atoms with Crippen molar-refractivity contribution in [3.05, 3.63) is 36.1 Å². The van der Waals surface area contributed by atoms with Crippen molar-refractivity contribution in [2.24, 2.45) is 0 Å². The van der Waals surface area contributed by atoms with Gasteiger partial charge in [-0.3, -0.25) is 0 Å². The number of hydrogen-bond donors (Lipinski definition) is 2. The van der Waals surface area contributed by atoms with Crippen LogP contribution in [0.5, 0.6) is 5.75 Å². The highest BCUT2D eigenvalue weighted by atomic mass is 16.5. The average molecular weight is 345 g/mol. The normalized spacial score (nSPS) is 17.4. The number of nitrogens with one attached hydrogen (secondary N) is 1. The van der Waals surface area contributed by atoms with E-state index < -0.39 is 0 Å². The van der Waals surface area contributed by atoms with Gasteiger partial charge in [-0.1, -0.05) is 17.3 Å². The number of aliphatic hydroxyl groups is 1. The van der Waals surface area contributed by atoms with Gasteiger partial charge in [0.15, 0.2) is 5.76 Å². The lowest BCUT2D eigenvalue weighted by Gasteiger charge is -2.34. The molecule has 1 aliphatic heterocycles. The number of piperidine rings is 1. The van der Waals surface area contributed by atoms with E-state index in [1.165, 1.54) is 0 Å². The number of ether oxygens (including phenoxy) is 1. The minimum atomic E-state index is -0.186. The molecule has 25 heavy (non-hydrogen) atoms. The van der Waals surface area contributed by atoms with Crippen LogP contribution in [0.1, 0.15) is 25.0 Å². The van der Waals surface area contributed by atoms with E-state index in [4.69, 9.17) is 9.26 Å². The average Bonchev–Trinajstić information content (AvgIpc) is 3.14. The third kappa shape index (κ3) is 3.93. The number of rotatable bonds is 5. The maximum absolute atomic E-state index is 12.3. The van der Waals surface area contributed by atoms with Gasteiger partial charge in [0.1, 0.15) is 11.4 Å². The molecule has 3 rings (SSSR count). The summed E-state index contributed by atoms with van der Waals surface area (Å²) in [6.45, 7) is 0.906. The largest absolute Gasteiger partial charge is 0.496 e. The molecule has 7 nitrogen and oxygen atoms in total. The first-order chi connectivity index (χ1) is 12.2. The maximum Gasteiger partial charge on any atom is 0.318 e. The number of para-hydroxylation sites is 1. The molecule has 2 heterocycles. The number of aliphatic hydroxyl groups excluding tert-OH is 1. The van der Waals surface area contributed by atoms with Crippen LogP contribution >= 0.6 is 0 Å². The third-order valence-electron chi connectivity index (χ3n) is 4.45. The van der Waals surface area contributed by atoms with E-state index in [0.29, 0.717) is 23.7 Å². The lowest BCUT2D eigenvalue weighted by Crippen LogP contribution is -2.49. The molecule has 0 aliphatic carbocycles. The van der Waals surface area contributed by atoms with E-state index in [0.717, 1.165) is 24.8 Å². The molecule has 1 aromatic heterocycles. The molecule has 2 amide bonds. The van der Waals surface area contributed by atoms with Crippen molar-refractivity contribution in [2.75, 3.05) is 20.3 Å². The fraction of sp³-hybridized carbons (Fsp3) is 0.444. The summed E-state index contributed by atoms with van der Waals surface area (Å²) in [6, 6.07) is 9.05. The van der Waals surface area contributed by atoms with E-state index >= 15 is 0 Å². The second-order valence-electron chi connectivity index (χ2n) is 6.06. The Hall–Kier alpha value is -2.54. The molecular weight excluding hydrogens is 322 g/mol. The SMILES string of the molecule is COc1ccccc1-c1cc(CNC(=O)N2CCCC[C@@H]2CO)on1. The fourth-order valence-corrected chi connectivity index (χ4v) is 3.10. The molecule has 0 saturated carbocycles. The Morgan fingerprint density at radius 2 is 2.28 bits per heavy atom. The Kier molecular flexibility index (Phi) is 5.55. The summed E-state index contributed by atoms with van der Waals surface area (Å²) in [5, 5.41) is 16.3. The molecule has 134 valence electrons. The summed E-state index contributed by atoms with van der Waals surface area (Å²) in [5.41, 5.74) is 1.50. The predicted molar refractivity (Wildman–Crippen MR) is 92.2 cm³/mol. The first kappa shape index (κ1) is 17.3. The molecule has 0 spiro atoms. The van der Waals surface area contributed by atoms with Crippen molar-refractivity contribution in [3.8, 4) is 17.0 Å². The lowest BCUT2D eigenvalue weighted by molar-refractivity contribution is 0.107. The first-order valence-electron chi connectivity index (χ1n) is 8.47. The van der Waals surface area contributed by atoms with Gasteiger partial charge in [-0.2, -0.15) is 0 Å². The molecule has 1 atom stereocenters. The minimum absolute atomic E-state index is 0.00627. The van der Waals surface area contributed by atoms with Gasteiger partial charge in [-0.25, -0.2) is 4.79 Å². The smallest absolute Gasteiger partial charge is 0.318 e. The van der Waals surface area contributed by atoms with Gasteiger partial charge in [-0.05, 0) is 31.4 Å². The predicted octanol–water partition coefficient (Wildman–Crippen LogP) is 2.41. The first-order valence-corrected chi connectivity index (χ1v) is 8.47. The van der Waals surface area contributed by atoms with Crippen molar-refractivity contribution < 1.29 is 19.2 Å². The van der Waals surface area contributed by atoms with E-state index in [1.54, 1.807) is 18.1 Å². The topological polar surface area (TPSA) is 87.8 Å². The van der Waals surface area contributed by atoms with Crippen LogP contribution in [0.15, 0.2) is 34.9 Å². The zero-order valence-electron chi connectivity index (χ0n) is 14.3. The van der Waals surface area contributed by atoms with E-state index in [9.17, 15) is 9.90 Å². The van der Waals surface area contributed by atoms with Crippen LogP contribution in [0, 0.1) is 0 Å². The van der Waals surface area contributed by atoms with Crippen LogP contribution in [0.2, 0.25) is 0 Å². The summed E-state index contributed by atoms with van der Waals surface area (Å²) in [5.74, 6) is 1.28. The fourth-order valence-electron chi connectivity index (χ4n) is 3.10. The Morgan fingerprint density at radius 3 is 3.08 bits per heavy atom. The van der Waals surface area contributed by atoms with Crippen LogP contribution in [0.25, 0.3) is 11.3 Å². The molecule has 0 radical (unpaired) electrons. The molecule has 0 bridgehead atoms. The number of carbonyl (C=O) groups is 1. The van der Waals surface area contributed by atoms with Gasteiger partial charge >= 0.3 is 6.03 Å². The van der Waals surface area contributed by atoms with E-state index in [2.05, 4.69) is 10.5 Å². The number of likely N-dealkylation sites (tertiary alicyclic amines) is 1. The summed E-state index contributed by atoms with van der Waals surface area (Å²) in [7, 11) is 1.61. The van der Waals surface area contributed by atoms with Crippen LogP contribution in [0.4, 0.5) is 4.79 Å². The number of nitrogens with zero attached hydrogens (tertiary/aromatic N) is 2. The molecule has 1 aliphatic rings. The quantitative estimate of drug-likeness (QED) is 0.869. The Labute approximate surface area is 146 Å². The number of benzene rings is 1. The van der Waals surface area contributed by atoms with Crippen molar-refractivity contribution >= 4 is 6.03 Å². The monoisotopic (exact) mass is 345 g/mol. The van der Waals surface area contributed by atoms with Gasteiger partial charge in [-0.15, -0.1) is 0 Å². The van der Waals surface area contributed by atoms with Gasteiger partial charge in [0.25, 0.3) is 0 Å². The summed E-state index contributed by atoms with van der Waals surface area (Å²) >= 11 is 0. The Balaban J connectivity index is 1.63. The summed E-state index contributed by atoms with van der Waals surface area (Å²) in [6.07, 6.45) is 2.84. The van der Waals surface area contributed by atoms with Crippen LogP contribution < -0.4 is 10.1 Å². The van der Waals surface area contributed by atoms with Crippen LogP contribution in [-0.2, 0) is 6.54 Å². The highest BCUT2D eigenvalue weighted by molar-refractivity contribution is 5.74. The molecule has 0 unspecified atom stereocenters. The molecule has 1 saturated heterocycles. The van der Waals surface area contributed by atoms with Gasteiger partial charge in [0.2, 0.25) is 0 Å². The molecule has 1 fully saturated rings. The van der Waals surface area contributed by atoms with Crippen molar-refractivity contribution in [2.45, 2.75) is 31.8 Å². The lowest BCUT2D eigenvalue weighted by atomic mass is 10.0.